The van der Waals surface area contributed by atoms with Gasteiger partial charge >= 0.3 is 5.97 Å². The predicted molar refractivity (Wildman–Crippen MR) is 95.8 cm³/mol. The second-order valence-corrected chi connectivity index (χ2v) is 6.65. The highest BCUT2D eigenvalue weighted by Crippen LogP contribution is 2.24. The fourth-order valence-corrected chi connectivity index (χ4v) is 3.20. The molecule has 1 amide bonds. The standard InChI is InChI=1S/C19H17NO4S/c21-17(11-24-19(23)12-25-15-4-2-1-3-5-15)14-6-8-16-13(10-14)7-9-18(22)20-16/h1-6,8,10H,7,9,11-12H2,(H,20,22). The summed E-state index contributed by atoms with van der Waals surface area (Å²) in [6.07, 6.45) is 1.02. The molecule has 0 bridgehead atoms. The molecule has 1 N–H and O–H groups in total. The van der Waals surface area contributed by atoms with Crippen LogP contribution in [-0.4, -0.2) is 30.0 Å². The molecular formula is C19H17NO4S. The van der Waals surface area contributed by atoms with E-state index < -0.39 is 5.97 Å². The molecule has 0 atom stereocenters. The lowest BCUT2D eigenvalue weighted by molar-refractivity contribution is -0.139. The van der Waals surface area contributed by atoms with Gasteiger partial charge in [0.15, 0.2) is 12.4 Å². The Labute approximate surface area is 149 Å². The molecule has 0 saturated heterocycles. The highest BCUT2D eigenvalue weighted by Gasteiger charge is 2.17. The molecule has 3 rings (SSSR count). The molecule has 0 fully saturated rings. The van der Waals surface area contributed by atoms with Gasteiger partial charge in [0.05, 0.1) is 5.75 Å². The van der Waals surface area contributed by atoms with Crippen molar-refractivity contribution in [1.82, 2.24) is 0 Å². The highest BCUT2D eigenvalue weighted by molar-refractivity contribution is 8.00. The Morgan fingerprint density at radius 1 is 1.08 bits per heavy atom. The summed E-state index contributed by atoms with van der Waals surface area (Å²) in [5, 5.41) is 2.77. The minimum atomic E-state index is -0.424. The number of aryl methyl sites for hydroxylation is 1. The van der Waals surface area contributed by atoms with Gasteiger partial charge in [0, 0.05) is 22.6 Å². The fourth-order valence-electron chi connectivity index (χ4n) is 2.49. The van der Waals surface area contributed by atoms with Crippen molar-refractivity contribution in [3.8, 4) is 0 Å². The van der Waals surface area contributed by atoms with Crippen LogP contribution in [0.3, 0.4) is 0 Å². The van der Waals surface area contributed by atoms with Gasteiger partial charge in [-0.2, -0.15) is 0 Å². The molecule has 2 aromatic rings. The molecule has 5 nitrogen and oxygen atoms in total. The zero-order valence-electron chi connectivity index (χ0n) is 13.5. The van der Waals surface area contributed by atoms with Gasteiger partial charge in [0.1, 0.15) is 0 Å². The number of nitrogens with one attached hydrogen (secondary N) is 1. The van der Waals surface area contributed by atoms with E-state index in [1.165, 1.54) is 11.8 Å². The van der Waals surface area contributed by atoms with Crippen molar-refractivity contribution < 1.29 is 19.1 Å². The molecular weight excluding hydrogens is 338 g/mol. The molecule has 0 unspecified atom stereocenters. The fraction of sp³-hybridized carbons (Fsp3) is 0.211. The number of ketones is 1. The zero-order chi connectivity index (χ0) is 17.6. The van der Waals surface area contributed by atoms with Crippen LogP contribution in [0.5, 0.6) is 0 Å². The Morgan fingerprint density at radius 3 is 2.68 bits per heavy atom. The molecule has 0 aliphatic carbocycles. The molecule has 1 aliphatic heterocycles. The van der Waals surface area contributed by atoms with Crippen molar-refractivity contribution in [2.75, 3.05) is 17.7 Å². The summed E-state index contributed by atoms with van der Waals surface area (Å²) >= 11 is 1.37. The third-order valence-corrected chi connectivity index (χ3v) is 4.77. The van der Waals surface area contributed by atoms with E-state index in [4.69, 9.17) is 4.74 Å². The van der Waals surface area contributed by atoms with Crippen LogP contribution in [0.2, 0.25) is 0 Å². The van der Waals surface area contributed by atoms with E-state index >= 15 is 0 Å². The van der Waals surface area contributed by atoms with E-state index in [1.54, 1.807) is 18.2 Å². The third kappa shape index (κ3) is 4.70. The van der Waals surface area contributed by atoms with E-state index in [0.717, 1.165) is 16.1 Å². The quantitative estimate of drug-likeness (QED) is 0.490. The summed E-state index contributed by atoms with van der Waals surface area (Å²) in [6.45, 7) is -0.278. The summed E-state index contributed by atoms with van der Waals surface area (Å²) in [5.74, 6) is -0.533. The van der Waals surface area contributed by atoms with Crippen LogP contribution in [0.4, 0.5) is 5.69 Å². The maximum Gasteiger partial charge on any atom is 0.316 e. The molecule has 1 aliphatic rings. The number of anilines is 1. The Hall–Kier alpha value is -2.60. The highest BCUT2D eigenvalue weighted by atomic mass is 32.2. The zero-order valence-corrected chi connectivity index (χ0v) is 14.3. The first kappa shape index (κ1) is 17.2. The van der Waals surface area contributed by atoms with Crippen LogP contribution < -0.4 is 5.32 Å². The number of benzene rings is 2. The first-order valence-corrected chi connectivity index (χ1v) is 8.90. The maximum atomic E-state index is 12.2. The molecule has 2 aromatic carbocycles. The van der Waals surface area contributed by atoms with E-state index in [-0.39, 0.29) is 24.1 Å². The maximum absolute atomic E-state index is 12.2. The van der Waals surface area contributed by atoms with Gasteiger partial charge in [-0.1, -0.05) is 18.2 Å². The SMILES string of the molecule is O=C1CCc2cc(C(=O)COC(=O)CSc3ccccc3)ccc2N1. The minimum absolute atomic E-state index is 0.0172. The second-order valence-electron chi connectivity index (χ2n) is 5.61. The number of esters is 1. The van der Waals surface area contributed by atoms with E-state index in [1.807, 2.05) is 30.3 Å². The second kappa shape index (κ2) is 7.98. The topological polar surface area (TPSA) is 72.5 Å². The van der Waals surface area contributed by atoms with Crippen LogP contribution >= 0.6 is 11.8 Å². The number of fused-ring (bicyclic) bond motifs is 1. The molecule has 1 heterocycles. The smallest absolute Gasteiger partial charge is 0.316 e. The number of hydrogen-bond donors (Lipinski definition) is 1. The lowest BCUT2D eigenvalue weighted by Gasteiger charge is -2.17. The Bertz CT molecular complexity index is 804. The van der Waals surface area contributed by atoms with Crippen LogP contribution in [0.1, 0.15) is 22.3 Å². The molecule has 25 heavy (non-hydrogen) atoms. The third-order valence-electron chi connectivity index (χ3n) is 3.79. The number of carbonyl (C=O) groups excluding carboxylic acids is 3. The lowest BCUT2D eigenvalue weighted by Crippen LogP contribution is -2.20. The van der Waals surface area contributed by atoms with Crippen LogP contribution in [0, 0.1) is 0 Å². The van der Waals surface area contributed by atoms with Gasteiger partial charge in [-0.15, -0.1) is 11.8 Å². The molecule has 0 aromatic heterocycles. The average molecular weight is 355 g/mol. The van der Waals surface area contributed by atoms with E-state index in [2.05, 4.69) is 5.32 Å². The van der Waals surface area contributed by atoms with Gasteiger partial charge in [-0.25, -0.2) is 0 Å². The summed E-state index contributed by atoms with van der Waals surface area (Å²) in [5.41, 5.74) is 2.15. The molecule has 0 spiro atoms. The summed E-state index contributed by atoms with van der Waals surface area (Å²) < 4.78 is 5.06. The van der Waals surface area contributed by atoms with Crippen molar-refractivity contribution >= 4 is 35.1 Å². The van der Waals surface area contributed by atoms with Gasteiger partial charge in [-0.3, -0.25) is 14.4 Å². The van der Waals surface area contributed by atoms with Crippen LogP contribution in [0.15, 0.2) is 53.4 Å². The Kier molecular flexibility index (Phi) is 5.50. The number of thioether (sulfide) groups is 1. The number of amides is 1. The first-order valence-electron chi connectivity index (χ1n) is 7.91. The van der Waals surface area contributed by atoms with Gasteiger partial charge < -0.3 is 10.1 Å². The predicted octanol–water partition coefficient (Wildman–Crippen LogP) is 3.09. The first-order chi connectivity index (χ1) is 12.1. The van der Waals surface area contributed by atoms with Crippen molar-refractivity contribution in [3.05, 3.63) is 59.7 Å². The van der Waals surface area contributed by atoms with Crippen molar-refractivity contribution in [2.45, 2.75) is 17.7 Å². The Morgan fingerprint density at radius 2 is 1.88 bits per heavy atom. The van der Waals surface area contributed by atoms with Crippen LogP contribution in [0.25, 0.3) is 0 Å². The van der Waals surface area contributed by atoms with Crippen molar-refractivity contribution in [2.24, 2.45) is 0 Å². The van der Waals surface area contributed by atoms with E-state index in [9.17, 15) is 14.4 Å². The number of carbonyl (C=O) groups is 3. The van der Waals surface area contributed by atoms with Gasteiger partial charge in [-0.05, 0) is 42.3 Å². The molecule has 0 radical (unpaired) electrons. The van der Waals surface area contributed by atoms with Crippen molar-refractivity contribution in [1.29, 1.82) is 0 Å². The number of rotatable bonds is 6. The summed E-state index contributed by atoms with van der Waals surface area (Å²) in [7, 11) is 0. The molecule has 6 heteroatoms. The number of Topliss-reactive ketones (excluding diaryl/α,β-unsaturated/α-hetero) is 1. The monoisotopic (exact) mass is 355 g/mol. The summed E-state index contributed by atoms with van der Waals surface area (Å²) in [6, 6.07) is 14.6. The van der Waals surface area contributed by atoms with Crippen LogP contribution in [-0.2, 0) is 20.7 Å². The normalized spacial score (nSPS) is 12.9. The van der Waals surface area contributed by atoms with Gasteiger partial charge in [0.25, 0.3) is 0 Å². The number of ether oxygens (including phenoxy) is 1. The minimum Gasteiger partial charge on any atom is -0.457 e. The number of hydrogen-bond acceptors (Lipinski definition) is 5. The van der Waals surface area contributed by atoms with E-state index in [0.29, 0.717) is 18.4 Å². The molecule has 128 valence electrons. The Balaban J connectivity index is 1.50. The lowest BCUT2D eigenvalue weighted by atomic mass is 9.99. The average Bonchev–Trinajstić information content (AvgIpc) is 2.64. The van der Waals surface area contributed by atoms with Crippen molar-refractivity contribution in [3.63, 3.8) is 0 Å². The summed E-state index contributed by atoms with van der Waals surface area (Å²) in [4.78, 5) is 36.3. The largest absolute Gasteiger partial charge is 0.457 e. The molecule has 0 saturated carbocycles. The van der Waals surface area contributed by atoms with Gasteiger partial charge in [0.2, 0.25) is 5.91 Å².